The number of ether oxygens (including phenoxy) is 1. The van der Waals surface area contributed by atoms with E-state index in [1.807, 2.05) is 33.8 Å². The maximum Gasteiger partial charge on any atom is 0.252 e. The second-order valence-electron chi connectivity index (χ2n) is 8.47. The highest BCUT2D eigenvalue weighted by Gasteiger charge is 2.26. The van der Waals surface area contributed by atoms with E-state index in [2.05, 4.69) is 30.6 Å². The molecule has 1 aliphatic rings. The number of likely N-dealkylation sites (tertiary alicyclic amines) is 1. The number of anilines is 1. The van der Waals surface area contributed by atoms with Gasteiger partial charge in [0.25, 0.3) is 5.95 Å². The van der Waals surface area contributed by atoms with E-state index in [0.29, 0.717) is 44.6 Å². The fourth-order valence-electron chi connectivity index (χ4n) is 3.96. The van der Waals surface area contributed by atoms with Crippen LogP contribution in [0.5, 0.6) is 0 Å². The molecule has 33 heavy (non-hydrogen) atoms. The Morgan fingerprint density at radius 1 is 1.09 bits per heavy atom. The van der Waals surface area contributed by atoms with Crippen molar-refractivity contribution in [1.29, 1.82) is 0 Å². The predicted molar refractivity (Wildman–Crippen MR) is 125 cm³/mol. The van der Waals surface area contributed by atoms with Gasteiger partial charge in [0.2, 0.25) is 11.8 Å². The number of rotatable bonds is 10. The largest absolute Gasteiger partial charge is 0.382 e. The lowest BCUT2D eigenvalue weighted by atomic mass is 9.96. The van der Waals surface area contributed by atoms with Gasteiger partial charge in [-0.2, -0.15) is 9.78 Å². The lowest BCUT2D eigenvalue weighted by Crippen LogP contribution is -2.43. The second-order valence-corrected chi connectivity index (χ2v) is 8.47. The standard InChI is InChI=1S/C23H35N7O3/c1-5-33-12-6-9-24-22(32)19-7-10-29(11-8-19)15-21(31)27-20-14-18(4)28-30(20)23-25-16(2)13-17(3)26-23/h13-14,19H,5-12,15H2,1-4H3,(H,24,32)(H,27,31). The van der Waals surface area contributed by atoms with Crippen LogP contribution in [0.3, 0.4) is 0 Å². The van der Waals surface area contributed by atoms with Crippen LogP contribution in [-0.2, 0) is 14.3 Å². The monoisotopic (exact) mass is 457 g/mol. The summed E-state index contributed by atoms with van der Waals surface area (Å²) < 4.78 is 6.86. The van der Waals surface area contributed by atoms with Gasteiger partial charge in [-0.1, -0.05) is 0 Å². The summed E-state index contributed by atoms with van der Waals surface area (Å²) in [7, 11) is 0. The molecule has 0 bridgehead atoms. The van der Waals surface area contributed by atoms with Gasteiger partial charge in [0, 0.05) is 43.1 Å². The molecular weight excluding hydrogens is 422 g/mol. The molecule has 2 N–H and O–H groups in total. The Balaban J connectivity index is 1.48. The van der Waals surface area contributed by atoms with Crippen LogP contribution < -0.4 is 10.6 Å². The molecule has 2 aromatic heterocycles. The lowest BCUT2D eigenvalue weighted by molar-refractivity contribution is -0.126. The third-order valence-electron chi connectivity index (χ3n) is 5.55. The topological polar surface area (TPSA) is 114 Å². The summed E-state index contributed by atoms with van der Waals surface area (Å²) in [6.45, 7) is 11.3. The van der Waals surface area contributed by atoms with E-state index in [9.17, 15) is 9.59 Å². The number of nitrogens with one attached hydrogen (secondary N) is 2. The van der Waals surface area contributed by atoms with Crippen molar-refractivity contribution in [1.82, 2.24) is 30.0 Å². The average molecular weight is 458 g/mol. The number of aromatic nitrogens is 4. The molecule has 3 heterocycles. The smallest absolute Gasteiger partial charge is 0.252 e. The third-order valence-corrected chi connectivity index (χ3v) is 5.55. The van der Waals surface area contributed by atoms with Gasteiger partial charge in [-0.3, -0.25) is 14.5 Å². The van der Waals surface area contributed by atoms with Gasteiger partial charge in [0.15, 0.2) is 0 Å². The first-order chi connectivity index (χ1) is 15.9. The highest BCUT2D eigenvalue weighted by Crippen LogP contribution is 2.18. The summed E-state index contributed by atoms with van der Waals surface area (Å²) in [5.41, 5.74) is 2.44. The molecule has 0 aromatic carbocycles. The van der Waals surface area contributed by atoms with Crippen LogP contribution >= 0.6 is 0 Å². The van der Waals surface area contributed by atoms with Crippen molar-refractivity contribution in [3.8, 4) is 5.95 Å². The molecule has 2 aromatic rings. The summed E-state index contributed by atoms with van der Waals surface area (Å²) in [5, 5.41) is 10.4. The summed E-state index contributed by atoms with van der Waals surface area (Å²) in [4.78, 5) is 36.0. The first-order valence-corrected chi connectivity index (χ1v) is 11.6. The lowest BCUT2D eigenvalue weighted by Gasteiger charge is -2.30. The van der Waals surface area contributed by atoms with Gasteiger partial charge in [0.05, 0.1) is 12.2 Å². The molecule has 0 saturated carbocycles. The van der Waals surface area contributed by atoms with Gasteiger partial charge in [-0.25, -0.2) is 9.97 Å². The van der Waals surface area contributed by atoms with E-state index in [4.69, 9.17) is 4.74 Å². The Kier molecular flexibility index (Phi) is 8.90. The SMILES string of the molecule is CCOCCCNC(=O)C1CCN(CC(=O)Nc2cc(C)nn2-c2nc(C)cc(C)n2)CC1. The van der Waals surface area contributed by atoms with E-state index in [-0.39, 0.29) is 24.3 Å². The number of piperidine rings is 1. The van der Waals surface area contributed by atoms with Gasteiger partial charge in [0.1, 0.15) is 5.82 Å². The van der Waals surface area contributed by atoms with Crippen LogP contribution in [0.15, 0.2) is 12.1 Å². The number of hydrogen-bond acceptors (Lipinski definition) is 7. The maximum absolute atomic E-state index is 12.7. The van der Waals surface area contributed by atoms with Crippen LogP contribution in [0.4, 0.5) is 5.82 Å². The third kappa shape index (κ3) is 7.33. The molecule has 10 nitrogen and oxygen atoms in total. The number of aryl methyl sites for hydroxylation is 3. The minimum absolute atomic E-state index is 0.00203. The molecule has 3 rings (SSSR count). The number of carbonyl (C=O) groups excluding carboxylic acids is 2. The molecule has 1 saturated heterocycles. The zero-order valence-electron chi connectivity index (χ0n) is 20.1. The Morgan fingerprint density at radius 3 is 2.45 bits per heavy atom. The van der Waals surface area contributed by atoms with E-state index >= 15 is 0 Å². The number of hydrogen-bond donors (Lipinski definition) is 2. The van der Waals surface area contributed by atoms with Crippen LogP contribution in [0, 0.1) is 26.7 Å². The zero-order chi connectivity index (χ0) is 23.8. The summed E-state index contributed by atoms with van der Waals surface area (Å²) in [6.07, 6.45) is 2.32. The molecule has 1 aliphatic heterocycles. The zero-order valence-corrected chi connectivity index (χ0v) is 20.1. The number of carbonyl (C=O) groups is 2. The molecular formula is C23H35N7O3. The fourth-order valence-corrected chi connectivity index (χ4v) is 3.96. The minimum Gasteiger partial charge on any atom is -0.382 e. The predicted octanol–water partition coefficient (Wildman–Crippen LogP) is 1.78. The second kappa shape index (κ2) is 11.9. The molecule has 0 radical (unpaired) electrons. The number of nitrogens with zero attached hydrogens (tertiary/aromatic N) is 5. The summed E-state index contributed by atoms with van der Waals surface area (Å²) in [5.74, 6) is 0.956. The summed E-state index contributed by atoms with van der Waals surface area (Å²) in [6, 6.07) is 3.70. The molecule has 0 unspecified atom stereocenters. The van der Waals surface area contributed by atoms with E-state index < -0.39 is 0 Å². The Morgan fingerprint density at radius 2 is 1.79 bits per heavy atom. The maximum atomic E-state index is 12.7. The first-order valence-electron chi connectivity index (χ1n) is 11.6. The molecule has 2 amide bonds. The quantitative estimate of drug-likeness (QED) is 0.523. The molecule has 180 valence electrons. The Hall–Kier alpha value is -2.85. The molecule has 1 fully saturated rings. The highest BCUT2D eigenvalue weighted by atomic mass is 16.5. The fraction of sp³-hybridized carbons (Fsp3) is 0.609. The first kappa shape index (κ1) is 24.8. The van der Waals surface area contributed by atoms with Crippen molar-refractivity contribution in [2.24, 2.45) is 5.92 Å². The van der Waals surface area contributed by atoms with E-state index in [1.165, 1.54) is 0 Å². The van der Waals surface area contributed by atoms with Crippen molar-refractivity contribution >= 4 is 17.6 Å². The molecule has 0 spiro atoms. The Bertz CT molecular complexity index is 931. The van der Waals surface area contributed by atoms with E-state index in [0.717, 1.165) is 36.3 Å². The van der Waals surface area contributed by atoms with Gasteiger partial charge in [-0.05, 0) is 66.1 Å². The van der Waals surface area contributed by atoms with Gasteiger partial charge in [-0.15, -0.1) is 0 Å². The van der Waals surface area contributed by atoms with Gasteiger partial charge < -0.3 is 15.4 Å². The van der Waals surface area contributed by atoms with Crippen molar-refractivity contribution in [2.45, 2.75) is 47.0 Å². The molecule has 10 heteroatoms. The van der Waals surface area contributed by atoms with Crippen LogP contribution in [-0.4, -0.2) is 75.9 Å². The van der Waals surface area contributed by atoms with Crippen molar-refractivity contribution in [2.75, 3.05) is 44.7 Å². The average Bonchev–Trinajstić information content (AvgIpc) is 3.13. The Labute approximate surface area is 195 Å². The van der Waals surface area contributed by atoms with Crippen LogP contribution in [0.1, 0.15) is 43.3 Å². The van der Waals surface area contributed by atoms with Crippen molar-refractivity contribution in [3.05, 3.63) is 29.2 Å². The van der Waals surface area contributed by atoms with Crippen LogP contribution in [0.2, 0.25) is 0 Å². The summed E-state index contributed by atoms with van der Waals surface area (Å²) >= 11 is 0. The normalized spacial score (nSPS) is 14.9. The highest BCUT2D eigenvalue weighted by molar-refractivity contribution is 5.91. The number of amides is 2. The van der Waals surface area contributed by atoms with Crippen LogP contribution in [0.25, 0.3) is 5.95 Å². The minimum atomic E-state index is -0.126. The molecule has 0 aliphatic carbocycles. The van der Waals surface area contributed by atoms with Gasteiger partial charge >= 0.3 is 0 Å². The van der Waals surface area contributed by atoms with Crippen molar-refractivity contribution in [3.63, 3.8) is 0 Å². The molecule has 0 atom stereocenters. The van der Waals surface area contributed by atoms with Crippen molar-refractivity contribution < 1.29 is 14.3 Å². The van der Waals surface area contributed by atoms with E-state index in [1.54, 1.807) is 10.7 Å².